The summed E-state index contributed by atoms with van der Waals surface area (Å²) in [6, 6.07) is 5.15. The third-order valence-electron chi connectivity index (χ3n) is 4.25. The van der Waals surface area contributed by atoms with Crippen molar-refractivity contribution in [1.82, 2.24) is 14.3 Å². The Morgan fingerprint density at radius 1 is 1.08 bits per heavy atom. The average molecular weight is 369 g/mol. The first-order valence-corrected chi connectivity index (χ1v) is 10.1. The lowest BCUT2D eigenvalue weighted by molar-refractivity contribution is 0.255. The van der Waals surface area contributed by atoms with Gasteiger partial charge in [0.2, 0.25) is 0 Å². The number of carbonyl (C=O) groups excluding carboxylic acids is 1. The number of benzene rings is 1. The Morgan fingerprint density at radius 3 is 2.08 bits per heavy atom. The van der Waals surface area contributed by atoms with Crippen molar-refractivity contribution in [2.75, 3.05) is 31.5 Å². The number of rotatable bonds is 5. The Balaban J connectivity index is 2.20. The van der Waals surface area contributed by atoms with E-state index in [1.54, 1.807) is 0 Å². The predicted molar refractivity (Wildman–Crippen MR) is 100 cm³/mol. The number of anilines is 1. The van der Waals surface area contributed by atoms with Crippen LogP contribution in [0.5, 0.6) is 0 Å². The van der Waals surface area contributed by atoms with Crippen molar-refractivity contribution in [3.8, 4) is 0 Å². The van der Waals surface area contributed by atoms with Crippen LogP contribution in [0.4, 0.5) is 10.5 Å². The zero-order valence-electron chi connectivity index (χ0n) is 15.3. The van der Waals surface area contributed by atoms with Gasteiger partial charge in [0.1, 0.15) is 0 Å². The molecule has 1 aliphatic heterocycles. The van der Waals surface area contributed by atoms with E-state index in [2.05, 4.69) is 15.4 Å². The number of amides is 2. The smallest absolute Gasteiger partial charge is 0.314 e. The molecule has 0 radical (unpaired) electrons. The number of urea groups is 1. The van der Waals surface area contributed by atoms with Gasteiger partial charge < -0.3 is 10.6 Å². The summed E-state index contributed by atoms with van der Waals surface area (Å²) in [5.41, 5.74) is 2.67. The van der Waals surface area contributed by atoms with Gasteiger partial charge in [-0.05, 0) is 23.0 Å². The molecule has 2 rings (SSSR count). The molecule has 0 saturated carbocycles. The second-order valence-electron chi connectivity index (χ2n) is 6.83. The van der Waals surface area contributed by atoms with Crippen molar-refractivity contribution in [2.24, 2.45) is 0 Å². The normalized spacial score (nSPS) is 16.2. The predicted octanol–water partition coefficient (Wildman–Crippen LogP) is 2.20. The third-order valence-corrected chi connectivity index (χ3v) is 5.74. The molecule has 2 amide bonds. The summed E-state index contributed by atoms with van der Waals surface area (Å²) in [4.78, 5) is 12.4. The van der Waals surface area contributed by atoms with Gasteiger partial charge in [0.15, 0.2) is 0 Å². The summed E-state index contributed by atoms with van der Waals surface area (Å²) in [7, 11) is -3.84. The van der Waals surface area contributed by atoms with Gasteiger partial charge >= 0.3 is 16.2 Å². The first-order valence-electron chi connectivity index (χ1n) is 8.64. The largest absolute Gasteiger partial charge is 0.333 e. The van der Waals surface area contributed by atoms with E-state index >= 15 is 0 Å². The van der Waals surface area contributed by atoms with Crippen molar-refractivity contribution >= 4 is 21.9 Å². The lowest BCUT2D eigenvalue weighted by Crippen LogP contribution is -2.52. The van der Waals surface area contributed by atoms with Crippen LogP contribution in [-0.4, -0.2) is 44.9 Å². The molecule has 0 bridgehead atoms. The van der Waals surface area contributed by atoms with Gasteiger partial charge in [-0.25, -0.2) is 9.52 Å². The molecule has 7 nitrogen and oxygen atoms in total. The van der Waals surface area contributed by atoms with Gasteiger partial charge in [-0.3, -0.25) is 0 Å². The summed E-state index contributed by atoms with van der Waals surface area (Å²) in [6.45, 7) is 10.0. The zero-order chi connectivity index (χ0) is 18.6. The van der Waals surface area contributed by atoms with E-state index in [1.165, 1.54) is 4.31 Å². The topological polar surface area (TPSA) is 90.5 Å². The molecule has 1 heterocycles. The van der Waals surface area contributed by atoms with Crippen molar-refractivity contribution in [3.63, 3.8) is 0 Å². The van der Waals surface area contributed by atoms with Crippen LogP contribution in [-0.2, 0) is 10.2 Å². The van der Waals surface area contributed by atoms with E-state index < -0.39 is 16.2 Å². The minimum absolute atomic E-state index is 0.207. The summed E-state index contributed by atoms with van der Waals surface area (Å²) in [5.74, 6) is 0.414. The average Bonchev–Trinajstić information content (AvgIpc) is 2.54. The van der Waals surface area contributed by atoms with Gasteiger partial charge in [0.25, 0.3) is 0 Å². The van der Waals surface area contributed by atoms with Crippen LogP contribution in [0, 0.1) is 0 Å². The van der Waals surface area contributed by atoms with Gasteiger partial charge in [-0.15, -0.1) is 0 Å². The minimum Gasteiger partial charge on any atom is -0.314 e. The minimum atomic E-state index is -3.84. The fourth-order valence-corrected chi connectivity index (χ4v) is 3.98. The first-order chi connectivity index (χ1) is 11.7. The highest BCUT2D eigenvalue weighted by atomic mass is 32.2. The maximum atomic E-state index is 12.4. The Morgan fingerprint density at radius 2 is 1.60 bits per heavy atom. The van der Waals surface area contributed by atoms with E-state index in [0.29, 0.717) is 31.9 Å². The Kier molecular flexibility index (Phi) is 6.42. The van der Waals surface area contributed by atoms with Crippen LogP contribution >= 0.6 is 0 Å². The molecule has 3 N–H and O–H groups in total. The van der Waals surface area contributed by atoms with Gasteiger partial charge in [-0.2, -0.15) is 12.7 Å². The molecule has 0 spiro atoms. The molecule has 1 saturated heterocycles. The van der Waals surface area contributed by atoms with E-state index in [-0.39, 0.29) is 11.8 Å². The highest BCUT2D eigenvalue weighted by molar-refractivity contribution is 7.87. The van der Waals surface area contributed by atoms with E-state index in [0.717, 1.165) is 11.1 Å². The van der Waals surface area contributed by atoms with Crippen molar-refractivity contribution in [3.05, 3.63) is 29.3 Å². The standard InChI is InChI=1S/C17H28N4O3S/c1-12(2)14-6-5-7-15(13(3)4)16(14)19-17(22)20-25(23,24)21-10-8-18-9-11-21/h5-7,12-13,18H,8-11H2,1-4H3,(H2,19,20,22). The number of para-hydroxylation sites is 1. The fraction of sp³-hybridized carbons (Fsp3) is 0.588. The van der Waals surface area contributed by atoms with E-state index in [9.17, 15) is 13.2 Å². The summed E-state index contributed by atoms with van der Waals surface area (Å²) >= 11 is 0. The highest BCUT2D eigenvalue weighted by Gasteiger charge is 2.26. The van der Waals surface area contributed by atoms with E-state index in [4.69, 9.17) is 0 Å². The van der Waals surface area contributed by atoms with Crippen molar-refractivity contribution < 1.29 is 13.2 Å². The summed E-state index contributed by atoms with van der Waals surface area (Å²) < 4.78 is 28.1. The quantitative estimate of drug-likeness (QED) is 0.743. The van der Waals surface area contributed by atoms with Gasteiger partial charge in [0, 0.05) is 31.9 Å². The fourth-order valence-electron chi connectivity index (χ4n) is 2.90. The van der Waals surface area contributed by atoms with E-state index in [1.807, 2.05) is 45.9 Å². The molecule has 140 valence electrons. The van der Waals surface area contributed by atoms with Crippen molar-refractivity contribution in [2.45, 2.75) is 39.5 Å². The van der Waals surface area contributed by atoms with Crippen LogP contribution in [0.15, 0.2) is 18.2 Å². The Labute approximate surface area is 150 Å². The number of nitrogens with zero attached hydrogens (tertiary/aromatic N) is 1. The number of nitrogens with one attached hydrogen (secondary N) is 3. The van der Waals surface area contributed by atoms with Crippen molar-refractivity contribution in [1.29, 1.82) is 0 Å². The van der Waals surface area contributed by atoms with Crippen LogP contribution in [0.3, 0.4) is 0 Å². The molecular formula is C17H28N4O3S. The third kappa shape index (κ3) is 4.93. The SMILES string of the molecule is CC(C)c1cccc(C(C)C)c1NC(=O)NS(=O)(=O)N1CCNCC1. The summed E-state index contributed by atoms with van der Waals surface area (Å²) in [5, 5.41) is 5.85. The second-order valence-corrected chi connectivity index (χ2v) is 8.50. The molecule has 8 heteroatoms. The number of hydrogen-bond acceptors (Lipinski definition) is 4. The van der Waals surface area contributed by atoms with Crippen LogP contribution in [0.2, 0.25) is 0 Å². The monoisotopic (exact) mass is 368 g/mol. The molecule has 0 atom stereocenters. The molecule has 0 unspecified atom stereocenters. The molecular weight excluding hydrogens is 340 g/mol. The number of carbonyl (C=O) groups is 1. The molecule has 1 aliphatic rings. The van der Waals surface area contributed by atoms with Crippen LogP contribution < -0.4 is 15.4 Å². The maximum Gasteiger partial charge on any atom is 0.333 e. The number of hydrogen-bond donors (Lipinski definition) is 3. The lowest BCUT2D eigenvalue weighted by atomic mass is 9.93. The first kappa shape index (κ1) is 19.7. The van der Waals surface area contributed by atoms with Gasteiger partial charge in [0.05, 0.1) is 0 Å². The van der Waals surface area contributed by atoms with Crippen LogP contribution in [0.1, 0.15) is 50.7 Å². The van der Waals surface area contributed by atoms with Crippen LogP contribution in [0.25, 0.3) is 0 Å². The number of piperazine rings is 1. The molecule has 0 aliphatic carbocycles. The van der Waals surface area contributed by atoms with Gasteiger partial charge in [-0.1, -0.05) is 45.9 Å². The Hall–Kier alpha value is -1.64. The summed E-state index contributed by atoms with van der Waals surface area (Å²) in [6.07, 6.45) is 0. The lowest BCUT2D eigenvalue weighted by Gasteiger charge is -2.27. The highest BCUT2D eigenvalue weighted by Crippen LogP contribution is 2.32. The Bertz CT molecular complexity index is 684. The second kappa shape index (κ2) is 8.16. The molecule has 1 aromatic carbocycles. The molecule has 1 fully saturated rings. The maximum absolute atomic E-state index is 12.4. The molecule has 0 aromatic heterocycles. The zero-order valence-corrected chi connectivity index (χ0v) is 16.1. The molecule has 25 heavy (non-hydrogen) atoms. The molecule has 1 aromatic rings.